The lowest BCUT2D eigenvalue weighted by Crippen LogP contribution is -2.68. The molecule has 3 saturated heterocycles. The minimum Gasteiger partial charge on any atom is -0.463 e. The average Bonchev–Trinajstić information content (AvgIpc) is 3.45. The Bertz CT molecular complexity index is 1530. The van der Waals surface area contributed by atoms with Gasteiger partial charge in [-0.05, 0) is 6.42 Å². The first-order valence-corrected chi connectivity index (χ1v) is 19.2. The van der Waals surface area contributed by atoms with E-state index in [9.17, 15) is 28.8 Å². The van der Waals surface area contributed by atoms with Crippen LogP contribution >= 0.6 is 0 Å². The van der Waals surface area contributed by atoms with Crippen LogP contribution in [-0.4, -0.2) is 172 Å². The third-order valence-corrected chi connectivity index (χ3v) is 9.97. The van der Waals surface area contributed by atoms with E-state index in [4.69, 9.17) is 91.2 Å². The molecule has 0 aromatic carbocycles. The summed E-state index contributed by atoms with van der Waals surface area (Å²) in [6, 6.07) is -5.01. The van der Waals surface area contributed by atoms with Gasteiger partial charge in [0.05, 0.1) is 12.1 Å². The predicted molar refractivity (Wildman–Crippen MR) is 195 cm³/mol. The predicted octanol–water partition coefficient (Wildman–Crippen LogP) is -4.49. The van der Waals surface area contributed by atoms with Gasteiger partial charge in [0.2, 0.25) is 0 Å². The molecule has 19 atom stereocenters. The highest BCUT2D eigenvalue weighted by molar-refractivity contribution is 5.68. The van der Waals surface area contributed by atoms with Crippen molar-refractivity contribution in [2.75, 3.05) is 19.7 Å². The van der Waals surface area contributed by atoms with Gasteiger partial charge in [0.1, 0.15) is 49.3 Å². The van der Waals surface area contributed by atoms with Crippen molar-refractivity contribution in [1.29, 1.82) is 0 Å². The molecule has 3 aliphatic heterocycles. The van der Waals surface area contributed by atoms with E-state index in [0.717, 1.165) is 41.5 Å². The van der Waals surface area contributed by atoms with Gasteiger partial charge in [-0.15, -0.1) is 0 Å². The Morgan fingerprint density at radius 1 is 0.483 bits per heavy atom. The summed E-state index contributed by atoms with van der Waals surface area (Å²) in [6.07, 6.45) is -22.1. The summed E-state index contributed by atoms with van der Waals surface area (Å²) in [5.41, 5.74) is 37.5. The van der Waals surface area contributed by atoms with Crippen molar-refractivity contribution in [2.45, 2.75) is 164 Å². The summed E-state index contributed by atoms with van der Waals surface area (Å²) in [6.45, 7) is 5.44. The van der Waals surface area contributed by atoms with Crippen LogP contribution in [0.3, 0.4) is 0 Å². The number of nitrogens with two attached hydrogens (primary N) is 6. The number of hydrogen-bond donors (Lipinski definition) is 6. The molecule has 0 spiro atoms. The smallest absolute Gasteiger partial charge is 0.303 e. The van der Waals surface area contributed by atoms with Crippen LogP contribution in [0.4, 0.5) is 4.39 Å². The van der Waals surface area contributed by atoms with Gasteiger partial charge in [-0.2, -0.15) is 0 Å². The van der Waals surface area contributed by atoms with Crippen molar-refractivity contribution < 1.29 is 90.0 Å². The zero-order chi connectivity index (χ0) is 44.7. The maximum Gasteiger partial charge on any atom is 0.303 e. The van der Waals surface area contributed by atoms with Crippen molar-refractivity contribution in [2.24, 2.45) is 34.4 Å². The SMILES string of the molecule is CC(=O)OC[C@H]1O[C@@H](O[C@@H]2[C@@H](OC(C)=O)[C@H](N)C[C@H](N)[C@H]2O[C@H]2O[C@H](CN)[C@H](OC(C)=O)[C@H](F)[C@H]2N)[C@H](OC(C)=O)[C@@H]1O[C@H]1O[C@@H](CN)[C@@H](OC(C)=O)[C@H](OC(C)=O)[C@H]1N. The van der Waals surface area contributed by atoms with E-state index in [1.807, 2.05) is 0 Å². The summed E-state index contributed by atoms with van der Waals surface area (Å²) in [4.78, 5) is 73.0. The quantitative estimate of drug-likeness (QED) is 0.0667. The maximum absolute atomic E-state index is 15.7. The van der Waals surface area contributed by atoms with Gasteiger partial charge in [-0.1, -0.05) is 0 Å². The highest BCUT2D eigenvalue weighted by Crippen LogP contribution is 2.37. The first-order chi connectivity index (χ1) is 28.2. The lowest BCUT2D eigenvalue weighted by molar-refractivity contribution is -0.304. The van der Waals surface area contributed by atoms with Crippen molar-refractivity contribution >= 4 is 35.8 Å². The van der Waals surface area contributed by atoms with Gasteiger partial charge in [-0.25, -0.2) is 4.39 Å². The Hall–Kier alpha value is -3.73. The second-order valence-electron chi connectivity index (χ2n) is 14.7. The lowest BCUT2D eigenvalue weighted by Gasteiger charge is -2.48. The van der Waals surface area contributed by atoms with Gasteiger partial charge in [-0.3, -0.25) is 28.8 Å². The molecule has 0 amide bonds. The molecule has 24 nitrogen and oxygen atoms in total. The van der Waals surface area contributed by atoms with E-state index < -0.39 is 159 Å². The van der Waals surface area contributed by atoms with Crippen molar-refractivity contribution in [1.82, 2.24) is 0 Å². The van der Waals surface area contributed by atoms with Crippen molar-refractivity contribution in [3.05, 3.63) is 0 Å². The first kappa shape index (κ1) is 48.9. The number of alkyl halides is 1. The van der Waals surface area contributed by atoms with Crippen LogP contribution in [0.2, 0.25) is 0 Å². The van der Waals surface area contributed by atoms with Crippen LogP contribution in [0.15, 0.2) is 0 Å². The fraction of sp³-hybridized carbons (Fsp3) is 0.829. The molecular weight excluding hydrogens is 811 g/mol. The first-order valence-electron chi connectivity index (χ1n) is 19.2. The van der Waals surface area contributed by atoms with Gasteiger partial charge >= 0.3 is 35.8 Å². The molecule has 4 fully saturated rings. The summed E-state index contributed by atoms with van der Waals surface area (Å²) >= 11 is 0. The monoisotopic (exact) mass is 868 g/mol. The zero-order valence-electron chi connectivity index (χ0n) is 34.0. The standard InChI is InChI=1S/C35H57FN6O18/c1-11(43)49-10-21-29(59-34-24(42)30(53-15(5)47)28(52-14(4)46)20(9-38)56-34)32(54-16(6)48)35(57-21)60-31-25(50-12(2)44)17(39)7-18(40)26(31)58-33-23(41)22(36)27(51-13(3)45)19(8-37)55-33/h17-35H,7-10,37-42H2,1-6H3/t17-,18+,19-,20+,21-,22-,23-,24-,25+,26-,27+,28-,29-,30-,31-,32-,33-,34-,35+/m1/s1. The third kappa shape index (κ3) is 12.0. The average molecular weight is 869 g/mol. The third-order valence-electron chi connectivity index (χ3n) is 9.97. The molecule has 0 radical (unpaired) electrons. The Balaban J connectivity index is 1.73. The maximum atomic E-state index is 15.7. The summed E-state index contributed by atoms with van der Waals surface area (Å²) in [7, 11) is 0. The van der Waals surface area contributed by atoms with E-state index in [1.54, 1.807) is 0 Å². The molecule has 0 bridgehead atoms. The Morgan fingerprint density at radius 3 is 1.43 bits per heavy atom. The van der Waals surface area contributed by atoms with Gasteiger partial charge in [0, 0.05) is 66.7 Å². The number of halogens is 1. The van der Waals surface area contributed by atoms with Crippen LogP contribution < -0.4 is 34.4 Å². The highest BCUT2D eigenvalue weighted by Gasteiger charge is 2.58. The Kier molecular flexibility index (Phi) is 17.4. The van der Waals surface area contributed by atoms with Crippen LogP contribution in [0, 0.1) is 0 Å². The van der Waals surface area contributed by atoms with Crippen molar-refractivity contribution in [3.63, 3.8) is 0 Å². The molecule has 12 N–H and O–H groups in total. The molecule has 342 valence electrons. The van der Waals surface area contributed by atoms with E-state index in [1.165, 1.54) is 0 Å². The number of hydrogen-bond acceptors (Lipinski definition) is 24. The molecule has 0 unspecified atom stereocenters. The van der Waals surface area contributed by atoms with Gasteiger partial charge < -0.3 is 91.2 Å². The lowest BCUT2D eigenvalue weighted by atomic mass is 9.84. The summed E-state index contributed by atoms with van der Waals surface area (Å²) < 4.78 is 85.2. The van der Waals surface area contributed by atoms with Crippen LogP contribution in [-0.2, 0) is 85.6 Å². The molecule has 1 saturated carbocycles. The number of ether oxygens (including phenoxy) is 12. The van der Waals surface area contributed by atoms with Crippen LogP contribution in [0.5, 0.6) is 0 Å². The summed E-state index contributed by atoms with van der Waals surface area (Å²) in [5, 5.41) is 0. The molecule has 60 heavy (non-hydrogen) atoms. The van der Waals surface area contributed by atoms with E-state index in [2.05, 4.69) is 0 Å². The van der Waals surface area contributed by atoms with E-state index in [0.29, 0.717) is 0 Å². The number of carbonyl (C=O) groups is 6. The molecule has 25 heteroatoms. The van der Waals surface area contributed by atoms with Gasteiger partial charge in [0.25, 0.3) is 0 Å². The molecular formula is C35H57FN6O18. The number of esters is 6. The minimum absolute atomic E-state index is 0.0450. The normalized spacial score (nSPS) is 40.5. The molecule has 3 heterocycles. The fourth-order valence-corrected chi connectivity index (χ4v) is 7.49. The molecule has 0 aromatic rings. The highest BCUT2D eigenvalue weighted by atomic mass is 19.1. The Morgan fingerprint density at radius 2 is 0.900 bits per heavy atom. The van der Waals surface area contributed by atoms with Crippen molar-refractivity contribution in [3.8, 4) is 0 Å². The van der Waals surface area contributed by atoms with E-state index in [-0.39, 0.29) is 19.5 Å². The molecule has 4 aliphatic rings. The fourth-order valence-electron chi connectivity index (χ4n) is 7.49. The van der Waals surface area contributed by atoms with Crippen LogP contribution in [0.25, 0.3) is 0 Å². The van der Waals surface area contributed by atoms with Gasteiger partial charge in [0.15, 0.2) is 49.5 Å². The molecule has 4 rings (SSSR count). The number of carbonyl (C=O) groups excluding carboxylic acids is 6. The largest absolute Gasteiger partial charge is 0.463 e. The minimum atomic E-state index is -2.03. The topological polar surface area (TPSA) is 369 Å². The summed E-state index contributed by atoms with van der Waals surface area (Å²) in [5.74, 6) is -4.78. The molecule has 1 aliphatic carbocycles. The second-order valence-corrected chi connectivity index (χ2v) is 14.7. The zero-order valence-corrected chi connectivity index (χ0v) is 34.0. The van der Waals surface area contributed by atoms with E-state index >= 15 is 4.39 Å². The second kappa shape index (κ2) is 21.4. The molecule has 0 aromatic heterocycles. The Labute approximate surface area is 344 Å². The van der Waals surface area contributed by atoms with Crippen LogP contribution in [0.1, 0.15) is 48.0 Å². The number of rotatable bonds is 15.